The molecule has 0 aromatic heterocycles. The summed E-state index contributed by atoms with van der Waals surface area (Å²) < 4.78 is 24.6. The molecule has 6 nitrogen and oxygen atoms in total. The first-order valence-electron chi connectivity index (χ1n) is 8.24. The highest BCUT2D eigenvalue weighted by Crippen LogP contribution is 2.44. The fraction of sp³-hybridized carbons (Fsp3) is 0.588. The zero-order chi connectivity index (χ0) is 17.5. The molecule has 0 unspecified atom stereocenters. The van der Waals surface area contributed by atoms with Crippen LogP contribution in [0.5, 0.6) is 0 Å². The number of likely N-dealkylation sites (tertiary alicyclic amines) is 2. The van der Waals surface area contributed by atoms with Crippen LogP contribution in [0.25, 0.3) is 0 Å². The number of amides is 1. The van der Waals surface area contributed by atoms with Gasteiger partial charge in [-0.05, 0) is 31.0 Å². The Bertz CT molecular complexity index is 734. The molecule has 2 aliphatic heterocycles. The lowest BCUT2D eigenvalue weighted by molar-refractivity contribution is -0.129. The van der Waals surface area contributed by atoms with Crippen LogP contribution in [0.4, 0.5) is 0 Å². The molecule has 0 aliphatic carbocycles. The van der Waals surface area contributed by atoms with Gasteiger partial charge >= 0.3 is 0 Å². The Kier molecular flexibility index (Phi) is 4.68. The Morgan fingerprint density at radius 3 is 2.62 bits per heavy atom. The van der Waals surface area contributed by atoms with Crippen LogP contribution in [0, 0.1) is 18.8 Å². The smallest absolute Gasteiger partial charge is 0.237 e. The monoisotopic (exact) mass is 351 g/mol. The van der Waals surface area contributed by atoms with Gasteiger partial charge in [0.25, 0.3) is 0 Å². The van der Waals surface area contributed by atoms with Crippen molar-refractivity contribution in [3.8, 4) is 0 Å². The van der Waals surface area contributed by atoms with Gasteiger partial charge in [-0.25, -0.2) is 13.1 Å². The van der Waals surface area contributed by atoms with Crippen molar-refractivity contribution >= 4 is 15.9 Å². The Labute approximate surface area is 143 Å². The van der Waals surface area contributed by atoms with Crippen LogP contribution in [0.15, 0.2) is 24.3 Å². The normalized spacial score (nSPS) is 27.5. The molecule has 3 rings (SSSR count). The number of hydrogen-bond donors (Lipinski definition) is 1. The van der Waals surface area contributed by atoms with E-state index in [-0.39, 0.29) is 12.5 Å². The second kappa shape index (κ2) is 6.46. The number of aryl methyl sites for hydroxylation is 1. The van der Waals surface area contributed by atoms with Crippen molar-refractivity contribution < 1.29 is 13.2 Å². The molecule has 24 heavy (non-hydrogen) atoms. The van der Waals surface area contributed by atoms with Crippen molar-refractivity contribution in [3.63, 3.8) is 0 Å². The standard InChI is InChI=1S/C17H25N3O3S/c1-12-6-4-5-7-14(12)17-15-11-20(10-13(15)9-19(17)2)16(21)8-18-24(3,22)23/h4-7,13,15,17-18H,8-11H2,1-3H3/t13-,15+,17-/m0/s1. The molecule has 0 spiro atoms. The van der Waals surface area contributed by atoms with Crippen LogP contribution >= 0.6 is 0 Å². The van der Waals surface area contributed by atoms with Gasteiger partial charge in [0.1, 0.15) is 0 Å². The summed E-state index contributed by atoms with van der Waals surface area (Å²) >= 11 is 0. The van der Waals surface area contributed by atoms with Crippen LogP contribution < -0.4 is 4.72 Å². The third kappa shape index (κ3) is 3.48. The highest BCUT2D eigenvalue weighted by molar-refractivity contribution is 7.88. The molecule has 2 fully saturated rings. The lowest BCUT2D eigenvalue weighted by Crippen LogP contribution is -2.40. The van der Waals surface area contributed by atoms with Crippen LogP contribution in [-0.2, 0) is 14.8 Å². The minimum absolute atomic E-state index is 0.138. The maximum Gasteiger partial charge on any atom is 0.237 e. The van der Waals surface area contributed by atoms with Crippen LogP contribution in [0.2, 0.25) is 0 Å². The minimum Gasteiger partial charge on any atom is -0.341 e. The highest BCUT2D eigenvalue weighted by Gasteiger charge is 2.47. The maximum absolute atomic E-state index is 12.3. The first kappa shape index (κ1) is 17.4. The molecule has 2 aliphatic rings. The number of carbonyl (C=O) groups excluding carboxylic acids is 1. The molecule has 0 radical (unpaired) electrons. The molecule has 2 heterocycles. The quantitative estimate of drug-likeness (QED) is 0.863. The predicted molar refractivity (Wildman–Crippen MR) is 93.0 cm³/mol. The molecular weight excluding hydrogens is 326 g/mol. The van der Waals surface area contributed by atoms with Crippen LogP contribution in [0.1, 0.15) is 17.2 Å². The maximum atomic E-state index is 12.3. The van der Waals surface area contributed by atoms with Crippen molar-refractivity contribution in [1.82, 2.24) is 14.5 Å². The van der Waals surface area contributed by atoms with E-state index in [0.29, 0.717) is 31.0 Å². The van der Waals surface area contributed by atoms with E-state index in [9.17, 15) is 13.2 Å². The number of nitrogens with one attached hydrogen (secondary N) is 1. The van der Waals surface area contributed by atoms with Crippen molar-refractivity contribution in [1.29, 1.82) is 0 Å². The number of hydrogen-bond acceptors (Lipinski definition) is 4. The van der Waals surface area contributed by atoms with Gasteiger partial charge in [0, 0.05) is 31.6 Å². The topological polar surface area (TPSA) is 69.7 Å². The summed E-state index contributed by atoms with van der Waals surface area (Å²) in [6.07, 6.45) is 1.07. The SMILES string of the molecule is Cc1ccccc1[C@H]1[C@@H]2CN(C(=O)CNS(C)(=O)=O)C[C@@H]2CN1C. The van der Waals surface area contributed by atoms with E-state index in [1.54, 1.807) is 0 Å². The fourth-order valence-electron chi connectivity index (χ4n) is 4.15. The van der Waals surface area contributed by atoms with E-state index in [1.807, 2.05) is 11.0 Å². The first-order valence-corrected chi connectivity index (χ1v) is 10.1. The number of nitrogens with zero attached hydrogens (tertiary/aromatic N) is 2. The molecule has 1 amide bonds. The molecule has 0 bridgehead atoms. The number of sulfonamides is 1. The second-order valence-corrected chi connectivity index (χ2v) is 8.89. The largest absolute Gasteiger partial charge is 0.341 e. The molecule has 1 aromatic carbocycles. The highest BCUT2D eigenvalue weighted by atomic mass is 32.2. The summed E-state index contributed by atoms with van der Waals surface area (Å²) in [4.78, 5) is 16.5. The van der Waals surface area contributed by atoms with Gasteiger partial charge in [0.15, 0.2) is 0 Å². The van der Waals surface area contributed by atoms with Gasteiger partial charge in [0.2, 0.25) is 15.9 Å². The summed E-state index contributed by atoms with van der Waals surface area (Å²) in [5, 5.41) is 0. The Hall–Kier alpha value is -1.44. The predicted octanol–water partition coefficient (Wildman–Crippen LogP) is 0.605. The molecular formula is C17H25N3O3S. The van der Waals surface area contributed by atoms with Gasteiger partial charge in [-0.1, -0.05) is 24.3 Å². The summed E-state index contributed by atoms with van der Waals surface area (Å²) in [5.74, 6) is 0.709. The van der Waals surface area contributed by atoms with E-state index in [1.165, 1.54) is 11.1 Å². The van der Waals surface area contributed by atoms with Crippen molar-refractivity contribution in [2.24, 2.45) is 11.8 Å². The molecule has 3 atom stereocenters. The van der Waals surface area contributed by atoms with Crippen molar-refractivity contribution in [3.05, 3.63) is 35.4 Å². The van der Waals surface area contributed by atoms with Crippen LogP contribution in [-0.4, -0.2) is 63.6 Å². The second-order valence-electron chi connectivity index (χ2n) is 7.06. The average Bonchev–Trinajstić information content (AvgIpc) is 3.02. The van der Waals surface area contributed by atoms with E-state index in [0.717, 1.165) is 12.8 Å². The van der Waals surface area contributed by atoms with Gasteiger partial charge in [-0.3, -0.25) is 9.69 Å². The molecule has 1 N–H and O–H groups in total. The van der Waals surface area contributed by atoms with Gasteiger partial charge < -0.3 is 4.90 Å². The number of carbonyl (C=O) groups is 1. The lowest BCUT2D eigenvalue weighted by atomic mass is 9.88. The minimum atomic E-state index is -3.34. The molecule has 7 heteroatoms. The number of fused-ring (bicyclic) bond motifs is 1. The molecule has 132 valence electrons. The van der Waals surface area contributed by atoms with Crippen LogP contribution in [0.3, 0.4) is 0 Å². The first-order chi connectivity index (χ1) is 11.3. The molecule has 2 saturated heterocycles. The van der Waals surface area contributed by atoms with Gasteiger partial charge in [-0.2, -0.15) is 0 Å². The number of benzene rings is 1. The van der Waals surface area contributed by atoms with Gasteiger partial charge in [-0.15, -0.1) is 0 Å². The summed E-state index contributed by atoms with van der Waals surface area (Å²) in [6, 6.07) is 8.74. The lowest BCUT2D eigenvalue weighted by Gasteiger charge is -2.28. The zero-order valence-electron chi connectivity index (χ0n) is 14.4. The van der Waals surface area contributed by atoms with E-state index in [2.05, 4.69) is 41.8 Å². The van der Waals surface area contributed by atoms with Crippen molar-refractivity contribution in [2.75, 3.05) is 39.5 Å². The number of rotatable bonds is 4. The third-order valence-corrected chi connectivity index (χ3v) is 5.91. The van der Waals surface area contributed by atoms with E-state index in [4.69, 9.17) is 0 Å². The molecule has 0 saturated carbocycles. The fourth-order valence-corrected chi connectivity index (χ4v) is 4.54. The van der Waals surface area contributed by atoms with Crippen molar-refractivity contribution in [2.45, 2.75) is 13.0 Å². The Balaban J connectivity index is 1.72. The zero-order valence-corrected chi connectivity index (χ0v) is 15.2. The Morgan fingerprint density at radius 2 is 1.96 bits per heavy atom. The summed E-state index contributed by atoms with van der Waals surface area (Å²) in [6.45, 7) is 4.35. The van der Waals surface area contributed by atoms with E-state index < -0.39 is 10.0 Å². The Morgan fingerprint density at radius 1 is 1.25 bits per heavy atom. The summed E-state index contributed by atoms with van der Waals surface area (Å²) in [7, 11) is -1.20. The van der Waals surface area contributed by atoms with Gasteiger partial charge in [0.05, 0.1) is 12.8 Å². The van der Waals surface area contributed by atoms with E-state index >= 15 is 0 Å². The third-order valence-electron chi connectivity index (χ3n) is 5.24. The summed E-state index contributed by atoms with van der Waals surface area (Å²) in [5.41, 5.74) is 2.61. The average molecular weight is 351 g/mol. The molecule has 1 aromatic rings.